The van der Waals surface area contributed by atoms with Gasteiger partial charge >= 0.3 is 6.18 Å². The molecule has 0 bridgehead atoms. The van der Waals surface area contributed by atoms with Crippen LogP contribution in [0, 0.1) is 0 Å². The number of rotatable bonds is 3. The van der Waals surface area contributed by atoms with Gasteiger partial charge in [0.1, 0.15) is 17.0 Å². The van der Waals surface area contributed by atoms with Gasteiger partial charge in [-0.1, -0.05) is 0 Å². The summed E-state index contributed by atoms with van der Waals surface area (Å²) >= 11 is 0. The van der Waals surface area contributed by atoms with Crippen molar-refractivity contribution in [1.29, 1.82) is 0 Å². The topological polar surface area (TPSA) is 113 Å². The minimum atomic E-state index is -4.64. The van der Waals surface area contributed by atoms with E-state index >= 15 is 0 Å². The van der Waals surface area contributed by atoms with Crippen LogP contribution in [0.25, 0.3) is 22.3 Å². The first-order chi connectivity index (χ1) is 16.3. The van der Waals surface area contributed by atoms with Crippen LogP contribution in [0.4, 0.5) is 19.0 Å². The van der Waals surface area contributed by atoms with Crippen molar-refractivity contribution in [1.82, 2.24) is 14.6 Å². The number of fused-ring (bicyclic) bond motifs is 4. The Morgan fingerprint density at radius 1 is 1.17 bits per heavy atom. The molecule has 2 aliphatic rings. The highest BCUT2D eigenvalue weighted by atomic mass is 32.2. The van der Waals surface area contributed by atoms with Crippen molar-refractivity contribution in [2.75, 3.05) is 43.4 Å². The molecule has 0 unspecified atom stereocenters. The first-order valence-corrected chi connectivity index (χ1v) is 12.7. The maximum absolute atomic E-state index is 13.8. The Morgan fingerprint density at radius 3 is 2.60 bits per heavy atom. The van der Waals surface area contributed by atoms with Gasteiger partial charge in [-0.2, -0.15) is 13.2 Å². The van der Waals surface area contributed by atoms with E-state index in [-0.39, 0.29) is 41.0 Å². The fourth-order valence-electron chi connectivity index (χ4n) is 4.33. The van der Waals surface area contributed by atoms with E-state index in [0.717, 1.165) is 23.1 Å². The molecule has 13 heteroatoms. The molecule has 2 aliphatic heterocycles. The van der Waals surface area contributed by atoms with E-state index in [4.69, 9.17) is 15.3 Å². The largest absolute Gasteiger partial charge is 0.486 e. The van der Waals surface area contributed by atoms with Crippen LogP contribution < -0.4 is 15.5 Å². The number of nitrogens with two attached hydrogens (primary N) is 1. The van der Waals surface area contributed by atoms with E-state index in [0.29, 0.717) is 31.0 Å². The predicted molar refractivity (Wildman–Crippen MR) is 123 cm³/mol. The second-order valence-electron chi connectivity index (χ2n) is 9.24. The second kappa shape index (κ2) is 7.72. The number of aromatic nitrogens is 3. The van der Waals surface area contributed by atoms with Crippen molar-refractivity contribution in [3.63, 3.8) is 0 Å². The van der Waals surface area contributed by atoms with Crippen LogP contribution >= 0.6 is 0 Å². The molecule has 3 aromatic rings. The summed E-state index contributed by atoms with van der Waals surface area (Å²) in [6.45, 7) is 4.49. The molecule has 1 saturated heterocycles. The number of morpholine rings is 1. The second-order valence-corrected chi connectivity index (χ2v) is 11.8. The highest BCUT2D eigenvalue weighted by molar-refractivity contribution is 7.91. The van der Waals surface area contributed by atoms with Crippen LogP contribution in [-0.2, 0) is 25.5 Å². The molecule has 0 saturated carbocycles. The zero-order chi connectivity index (χ0) is 25.3. The van der Waals surface area contributed by atoms with E-state index in [1.54, 1.807) is 6.07 Å². The predicted octanol–water partition coefficient (Wildman–Crippen LogP) is 2.71. The van der Waals surface area contributed by atoms with Crippen molar-refractivity contribution in [2.45, 2.75) is 30.8 Å². The van der Waals surface area contributed by atoms with Gasteiger partial charge in [-0.3, -0.25) is 4.68 Å². The van der Waals surface area contributed by atoms with Crippen LogP contribution in [-0.4, -0.2) is 61.7 Å². The lowest BCUT2D eigenvalue weighted by Crippen LogP contribution is -2.52. The molecule has 4 heterocycles. The van der Waals surface area contributed by atoms with Crippen molar-refractivity contribution < 1.29 is 31.1 Å². The summed E-state index contributed by atoms with van der Waals surface area (Å²) in [5.41, 5.74) is -0.609. The van der Waals surface area contributed by atoms with E-state index in [1.807, 2.05) is 4.90 Å². The third-order valence-electron chi connectivity index (χ3n) is 6.67. The van der Waals surface area contributed by atoms with Crippen LogP contribution in [0.2, 0.25) is 0 Å². The monoisotopic (exact) mass is 511 g/mol. The van der Waals surface area contributed by atoms with Gasteiger partial charge in [-0.25, -0.2) is 18.4 Å². The van der Waals surface area contributed by atoms with Gasteiger partial charge in [0.05, 0.1) is 30.3 Å². The van der Waals surface area contributed by atoms with Gasteiger partial charge in [0, 0.05) is 29.9 Å². The number of ether oxygens (including phenoxy) is 2. The summed E-state index contributed by atoms with van der Waals surface area (Å²) < 4.78 is 77.8. The fourth-order valence-corrected chi connectivity index (χ4v) is 4.82. The molecule has 1 atom stereocenters. The van der Waals surface area contributed by atoms with Crippen LogP contribution in [0.3, 0.4) is 0 Å². The number of hydrogen-bond acceptors (Lipinski definition) is 8. The van der Waals surface area contributed by atoms with Gasteiger partial charge < -0.3 is 20.2 Å². The molecule has 2 aromatic heterocycles. The summed E-state index contributed by atoms with van der Waals surface area (Å²) in [6, 6.07) is 3.32. The van der Waals surface area contributed by atoms with E-state index in [9.17, 15) is 21.6 Å². The Hall–Kier alpha value is -3.06. The van der Waals surface area contributed by atoms with Crippen LogP contribution in [0.15, 0.2) is 24.4 Å². The van der Waals surface area contributed by atoms with Gasteiger partial charge in [-0.15, -0.1) is 0 Å². The minimum absolute atomic E-state index is 0.0477. The number of nitrogens with zero attached hydrogens (tertiary/aromatic N) is 4. The molecule has 0 amide bonds. The average molecular weight is 512 g/mol. The normalized spacial score (nSPS) is 18.8. The molecule has 0 aliphatic carbocycles. The van der Waals surface area contributed by atoms with Crippen molar-refractivity contribution in [3.05, 3.63) is 35.7 Å². The van der Waals surface area contributed by atoms with Crippen LogP contribution in [0.5, 0.6) is 5.75 Å². The fraction of sp³-hybridized carbons (Fsp3) is 0.455. The lowest BCUT2D eigenvalue weighted by atomic mass is 10.0. The summed E-state index contributed by atoms with van der Waals surface area (Å²) in [5, 5.41) is 0.402. The lowest BCUT2D eigenvalue weighted by molar-refractivity contribution is -0.137. The quantitative estimate of drug-likeness (QED) is 0.535. The third kappa shape index (κ3) is 3.77. The lowest BCUT2D eigenvalue weighted by Gasteiger charge is -2.41. The third-order valence-corrected chi connectivity index (χ3v) is 8.72. The molecule has 1 fully saturated rings. The van der Waals surface area contributed by atoms with Gasteiger partial charge in [0.15, 0.2) is 27.2 Å². The molecule has 5 rings (SSSR count). The number of halogens is 3. The molecule has 9 nitrogen and oxygen atoms in total. The molecule has 35 heavy (non-hydrogen) atoms. The summed E-state index contributed by atoms with van der Waals surface area (Å²) in [4.78, 5) is 11.1. The Balaban J connectivity index is 1.83. The molecule has 0 radical (unpaired) electrons. The van der Waals surface area contributed by atoms with E-state index < -0.39 is 26.3 Å². The average Bonchev–Trinajstić information content (AvgIpc) is 3.17. The van der Waals surface area contributed by atoms with Gasteiger partial charge in [-0.05, 0) is 32.0 Å². The maximum Gasteiger partial charge on any atom is 0.416 e. The van der Waals surface area contributed by atoms with Crippen molar-refractivity contribution in [2.24, 2.45) is 0 Å². The number of alkyl halides is 3. The van der Waals surface area contributed by atoms with E-state index in [2.05, 4.69) is 9.97 Å². The molecule has 2 N–H and O–H groups in total. The Kier molecular flexibility index (Phi) is 5.22. The first-order valence-electron chi connectivity index (χ1n) is 10.9. The standard InChI is InChI=1S/C22H24F3N5O4S/c1-21(2,35(3,31)32)18-17-20(29-6-7-33-10-13(29)11-34-17)28-19(27-18)15-8-12(22(23,24)25)9-16-14(15)4-5-30(16)26/h4-5,8-9,13H,6-7,10-11,26H2,1-3H3/t13-/m0/s1. The first kappa shape index (κ1) is 23.7. The Labute approximate surface area is 199 Å². The summed E-state index contributed by atoms with van der Waals surface area (Å²) in [7, 11) is -3.70. The zero-order valence-corrected chi connectivity index (χ0v) is 20.1. The number of benzene rings is 1. The van der Waals surface area contributed by atoms with Crippen molar-refractivity contribution >= 4 is 26.6 Å². The molecular formula is C22H24F3N5O4S. The number of sulfone groups is 1. The Bertz CT molecular complexity index is 1440. The summed E-state index contributed by atoms with van der Waals surface area (Å²) in [6.07, 6.45) is -2.12. The number of nitrogen functional groups attached to an aromatic ring is 1. The number of hydrogen-bond donors (Lipinski definition) is 1. The maximum atomic E-state index is 13.8. The minimum Gasteiger partial charge on any atom is -0.486 e. The van der Waals surface area contributed by atoms with Gasteiger partial charge in [0.2, 0.25) is 0 Å². The summed E-state index contributed by atoms with van der Waals surface area (Å²) in [5.74, 6) is 6.37. The van der Waals surface area contributed by atoms with Gasteiger partial charge in [0.25, 0.3) is 0 Å². The smallest absolute Gasteiger partial charge is 0.416 e. The molecule has 0 spiro atoms. The van der Waals surface area contributed by atoms with Crippen molar-refractivity contribution in [3.8, 4) is 17.1 Å². The van der Waals surface area contributed by atoms with E-state index in [1.165, 1.54) is 20.0 Å². The Morgan fingerprint density at radius 2 is 1.91 bits per heavy atom. The highest BCUT2D eigenvalue weighted by Gasteiger charge is 2.43. The molecular weight excluding hydrogens is 487 g/mol. The molecule has 1 aromatic carbocycles. The van der Waals surface area contributed by atoms with Crippen LogP contribution in [0.1, 0.15) is 25.1 Å². The zero-order valence-electron chi connectivity index (χ0n) is 19.3. The highest BCUT2D eigenvalue weighted by Crippen LogP contribution is 2.45. The number of anilines is 1. The SMILES string of the molecule is CC(C)(c1nc(-c2cc(C(F)(F)F)cc3c2ccn3N)nc2c1OC[C@@H]1COCCN21)S(C)(=O)=O. The molecule has 188 valence electrons.